The molecule has 0 bridgehead atoms. The lowest BCUT2D eigenvalue weighted by Crippen LogP contribution is -2.24. The first-order valence-corrected chi connectivity index (χ1v) is 8.74. The van der Waals surface area contributed by atoms with E-state index < -0.39 is 0 Å². The average Bonchev–Trinajstić information content (AvgIpc) is 3.15. The molecule has 1 N–H and O–H groups in total. The number of amides is 1. The summed E-state index contributed by atoms with van der Waals surface area (Å²) in [7, 11) is 1.58. The van der Waals surface area contributed by atoms with E-state index in [4.69, 9.17) is 9.15 Å². The van der Waals surface area contributed by atoms with Crippen molar-refractivity contribution in [2.75, 3.05) is 12.9 Å². The first-order chi connectivity index (χ1) is 12.6. The average molecular weight is 373 g/mol. The van der Waals surface area contributed by atoms with Crippen molar-refractivity contribution >= 4 is 17.7 Å². The molecule has 0 aliphatic heterocycles. The predicted molar refractivity (Wildman–Crippen MR) is 95.3 cm³/mol. The Morgan fingerprint density at radius 3 is 2.81 bits per heavy atom. The van der Waals surface area contributed by atoms with E-state index >= 15 is 0 Å². The van der Waals surface area contributed by atoms with Crippen LogP contribution in [-0.4, -0.2) is 29.0 Å². The van der Waals surface area contributed by atoms with Crippen LogP contribution in [0.5, 0.6) is 5.75 Å². The Bertz CT molecular complexity index is 883. The third-order valence-corrected chi connectivity index (χ3v) is 4.27. The number of methoxy groups -OCH3 is 1. The number of carbonyl (C=O) groups is 1. The Hall–Kier alpha value is -2.87. The number of hydrogen-bond acceptors (Lipinski definition) is 6. The molecule has 0 atom stereocenters. The number of hydrogen-bond donors (Lipinski definition) is 1. The van der Waals surface area contributed by atoms with Crippen LogP contribution < -0.4 is 10.1 Å². The van der Waals surface area contributed by atoms with Gasteiger partial charge in [0.2, 0.25) is 11.8 Å². The second kappa shape index (κ2) is 8.48. The summed E-state index contributed by atoms with van der Waals surface area (Å²) in [5.74, 6) is 0.702. The van der Waals surface area contributed by atoms with Gasteiger partial charge in [0.25, 0.3) is 5.22 Å². The zero-order chi connectivity index (χ0) is 18.4. The second-order valence-corrected chi connectivity index (χ2v) is 6.22. The molecule has 134 valence electrons. The molecule has 0 aliphatic rings. The standard InChI is InChI=1S/C18H16FN3O3S/c1-24-15-4-2-3-13(9-15)17-21-22-18(25-17)26-11-16(23)20-10-12-5-7-14(19)8-6-12/h2-9H,10-11H2,1H3,(H,20,23). The number of thioether (sulfide) groups is 1. The van der Waals surface area contributed by atoms with Gasteiger partial charge in [-0.05, 0) is 35.9 Å². The highest BCUT2D eigenvalue weighted by molar-refractivity contribution is 7.99. The lowest BCUT2D eigenvalue weighted by atomic mass is 10.2. The Morgan fingerprint density at radius 1 is 1.23 bits per heavy atom. The van der Waals surface area contributed by atoms with Gasteiger partial charge in [0, 0.05) is 12.1 Å². The highest BCUT2D eigenvalue weighted by Gasteiger charge is 2.11. The number of nitrogens with zero attached hydrogens (tertiary/aromatic N) is 2. The van der Waals surface area contributed by atoms with Crippen LogP contribution in [0.15, 0.2) is 58.2 Å². The Balaban J connectivity index is 1.51. The molecule has 0 radical (unpaired) electrons. The van der Waals surface area contributed by atoms with Crippen LogP contribution in [0.2, 0.25) is 0 Å². The summed E-state index contributed by atoms with van der Waals surface area (Å²) in [6.45, 7) is 0.332. The van der Waals surface area contributed by atoms with E-state index in [-0.39, 0.29) is 17.5 Å². The van der Waals surface area contributed by atoms with Gasteiger partial charge in [0.15, 0.2) is 0 Å². The van der Waals surface area contributed by atoms with E-state index in [0.717, 1.165) is 22.9 Å². The van der Waals surface area contributed by atoms with Gasteiger partial charge in [-0.1, -0.05) is 30.0 Å². The zero-order valence-electron chi connectivity index (χ0n) is 13.9. The van der Waals surface area contributed by atoms with Crippen LogP contribution >= 0.6 is 11.8 Å². The Morgan fingerprint density at radius 2 is 2.04 bits per heavy atom. The van der Waals surface area contributed by atoms with Crippen molar-refractivity contribution in [3.63, 3.8) is 0 Å². The molecule has 6 nitrogen and oxygen atoms in total. The smallest absolute Gasteiger partial charge is 0.277 e. The van der Waals surface area contributed by atoms with Crippen LogP contribution in [0.3, 0.4) is 0 Å². The predicted octanol–water partition coefficient (Wildman–Crippen LogP) is 3.29. The Kier molecular flexibility index (Phi) is 5.85. The molecular weight excluding hydrogens is 357 g/mol. The summed E-state index contributed by atoms with van der Waals surface area (Å²) >= 11 is 1.15. The fourth-order valence-corrected chi connectivity index (χ4v) is 2.72. The van der Waals surface area contributed by atoms with Gasteiger partial charge in [0.1, 0.15) is 11.6 Å². The SMILES string of the molecule is COc1cccc(-c2nnc(SCC(=O)NCc3ccc(F)cc3)o2)c1. The van der Waals surface area contributed by atoms with E-state index in [9.17, 15) is 9.18 Å². The van der Waals surface area contributed by atoms with Crippen molar-refractivity contribution in [1.82, 2.24) is 15.5 Å². The summed E-state index contributed by atoms with van der Waals surface area (Å²) in [5, 5.41) is 11.0. The minimum Gasteiger partial charge on any atom is -0.497 e. The monoisotopic (exact) mass is 373 g/mol. The van der Waals surface area contributed by atoms with Crippen molar-refractivity contribution in [2.45, 2.75) is 11.8 Å². The topological polar surface area (TPSA) is 77.2 Å². The van der Waals surface area contributed by atoms with Crippen molar-refractivity contribution in [1.29, 1.82) is 0 Å². The van der Waals surface area contributed by atoms with Gasteiger partial charge in [-0.15, -0.1) is 10.2 Å². The van der Waals surface area contributed by atoms with E-state index in [0.29, 0.717) is 23.4 Å². The van der Waals surface area contributed by atoms with Crippen molar-refractivity contribution < 1.29 is 18.3 Å². The molecule has 3 aromatic rings. The number of benzene rings is 2. The molecule has 0 fully saturated rings. The van der Waals surface area contributed by atoms with Crippen molar-refractivity contribution in [3.05, 3.63) is 59.9 Å². The van der Waals surface area contributed by atoms with Crippen LogP contribution in [0, 0.1) is 5.82 Å². The lowest BCUT2D eigenvalue weighted by Gasteiger charge is -2.04. The summed E-state index contributed by atoms with van der Waals surface area (Å²) in [6.07, 6.45) is 0. The van der Waals surface area contributed by atoms with E-state index in [1.54, 1.807) is 25.3 Å². The van der Waals surface area contributed by atoms with Crippen LogP contribution in [0.4, 0.5) is 4.39 Å². The molecule has 1 aromatic heterocycles. The first kappa shape index (κ1) is 17.9. The van der Waals surface area contributed by atoms with E-state index in [1.807, 2.05) is 18.2 Å². The summed E-state index contributed by atoms with van der Waals surface area (Å²) in [6, 6.07) is 13.2. The molecule has 3 rings (SSSR count). The molecule has 2 aromatic carbocycles. The second-order valence-electron chi connectivity index (χ2n) is 5.30. The molecule has 8 heteroatoms. The van der Waals surface area contributed by atoms with Gasteiger partial charge in [0.05, 0.1) is 12.9 Å². The van der Waals surface area contributed by atoms with Gasteiger partial charge in [-0.25, -0.2) is 4.39 Å². The van der Waals surface area contributed by atoms with E-state index in [1.165, 1.54) is 12.1 Å². The molecule has 0 saturated heterocycles. The Labute approximate surface area is 153 Å². The van der Waals surface area contributed by atoms with Crippen molar-refractivity contribution in [3.8, 4) is 17.2 Å². The largest absolute Gasteiger partial charge is 0.497 e. The molecule has 0 unspecified atom stereocenters. The normalized spacial score (nSPS) is 10.5. The third-order valence-electron chi connectivity index (χ3n) is 3.45. The number of nitrogens with one attached hydrogen (secondary N) is 1. The summed E-state index contributed by atoms with van der Waals surface area (Å²) in [5.41, 5.74) is 1.56. The summed E-state index contributed by atoms with van der Waals surface area (Å²) in [4.78, 5) is 11.9. The highest BCUT2D eigenvalue weighted by atomic mass is 32.2. The maximum Gasteiger partial charge on any atom is 0.277 e. The highest BCUT2D eigenvalue weighted by Crippen LogP contribution is 2.25. The molecular formula is C18H16FN3O3S. The van der Waals surface area contributed by atoms with Crippen LogP contribution in [0.25, 0.3) is 11.5 Å². The number of halogens is 1. The molecule has 26 heavy (non-hydrogen) atoms. The van der Waals surface area contributed by atoms with Gasteiger partial charge < -0.3 is 14.5 Å². The van der Waals surface area contributed by atoms with Gasteiger partial charge in [-0.2, -0.15) is 0 Å². The van der Waals surface area contributed by atoms with Crippen LogP contribution in [0.1, 0.15) is 5.56 Å². The molecule has 0 aliphatic carbocycles. The number of ether oxygens (including phenoxy) is 1. The molecule has 1 amide bonds. The number of rotatable bonds is 7. The molecule has 1 heterocycles. The maximum atomic E-state index is 12.8. The minimum absolute atomic E-state index is 0.140. The van der Waals surface area contributed by atoms with Gasteiger partial charge in [-0.3, -0.25) is 4.79 Å². The van der Waals surface area contributed by atoms with Crippen LogP contribution in [-0.2, 0) is 11.3 Å². The fourth-order valence-electron chi connectivity index (χ4n) is 2.12. The number of carbonyl (C=O) groups excluding carboxylic acids is 1. The fraction of sp³-hybridized carbons (Fsp3) is 0.167. The van der Waals surface area contributed by atoms with Gasteiger partial charge >= 0.3 is 0 Å². The molecule has 0 spiro atoms. The third kappa shape index (κ3) is 4.82. The molecule has 0 saturated carbocycles. The lowest BCUT2D eigenvalue weighted by molar-refractivity contribution is -0.118. The summed E-state index contributed by atoms with van der Waals surface area (Å²) < 4.78 is 23.6. The maximum absolute atomic E-state index is 12.8. The minimum atomic E-state index is -0.307. The number of aromatic nitrogens is 2. The van der Waals surface area contributed by atoms with E-state index in [2.05, 4.69) is 15.5 Å². The van der Waals surface area contributed by atoms with Crippen molar-refractivity contribution in [2.24, 2.45) is 0 Å². The first-order valence-electron chi connectivity index (χ1n) is 7.76. The zero-order valence-corrected chi connectivity index (χ0v) is 14.8. The quantitative estimate of drug-likeness (QED) is 0.641.